The van der Waals surface area contributed by atoms with Crippen LogP contribution >= 0.6 is 11.3 Å². The van der Waals surface area contributed by atoms with Crippen LogP contribution in [0.15, 0.2) is 16.3 Å². The highest BCUT2D eigenvalue weighted by atomic mass is 32.2. The molecule has 1 aromatic heterocycles. The highest BCUT2D eigenvalue weighted by Gasteiger charge is 2.15. The molecule has 0 radical (unpaired) electrons. The molecule has 1 heterocycles. The third-order valence-corrected chi connectivity index (χ3v) is 4.83. The van der Waals surface area contributed by atoms with Crippen molar-refractivity contribution in [2.75, 3.05) is 13.6 Å². The third-order valence-electron chi connectivity index (χ3n) is 1.79. The Morgan fingerprint density at radius 1 is 1.40 bits per heavy atom. The SMILES string of the molecule is CCCNS(=O)(=O)c1ccc(CNC)s1. The van der Waals surface area contributed by atoms with Gasteiger partial charge in [-0.1, -0.05) is 6.92 Å². The molecule has 6 heteroatoms. The van der Waals surface area contributed by atoms with Crippen molar-refractivity contribution in [3.8, 4) is 0 Å². The van der Waals surface area contributed by atoms with Gasteiger partial charge in [0.25, 0.3) is 0 Å². The lowest BCUT2D eigenvalue weighted by Crippen LogP contribution is -2.23. The van der Waals surface area contributed by atoms with E-state index in [4.69, 9.17) is 0 Å². The number of sulfonamides is 1. The van der Waals surface area contributed by atoms with Gasteiger partial charge in [0.1, 0.15) is 4.21 Å². The van der Waals surface area contributed by atoms with Crippen LogP contribution < -0.4 is 10.0 Å². The van der Waals surface area contributed by atoms with Gasteiger partial charge in [0, 0.05) is 18.0 Å². The molecule has 0 aliphatic carbocycles. The van der Waals surface area contributed by atoms with Crippen molar-refractivity contribution in [2.24, 2.45) is 0 Å². The number of thiophene rings is 1. The van der Waals surface area contributed by atoms with Gasteiger partial charge in [-0.3, -0.25) is 0 Å². The topological polar surface area (TPSA) is 58.2 Å². The molecular formula is C9H16N2O2S2. The average molecular weight is 248 g/mol. The first-order valence-corrected chi connectivity index (χ1v) is 7.13. The molecule has 0 bridgehead atoms. The van der Waals surface area contributed by atoms with Crippen LogP contribution in [0.25, 0.3) is 0 Å². The van der Waals surface area contributed by atoms with Crippen molar-refractivity contribution < 1.29 is 8.42 Å². The molecule has 0 aromatic carbocycles. The molecule has 0 aliphatic rings. The molecule has 0 amide bonds. The summed E-state index contributed by atoms with van der Waals surface area (Å²) in [6.07, 6.45) is 0.800. The predicted octanol–water partition coefficient (Wildman–Crippen LogP) is 1.16. The van der Waals surface area contributed by atoms with E-state index in [0.29, 0.717) is 17.3 Å². The largest absolute Gasteiger partial charge is 0.315 e. The smallest absolute Gasteiger partial charge is 0.250 e. The van der Waals surface area contributed by atoms with Crippen LogP contribution in [0.3, 0.4) is 0 Å². The van der Waals surface area contributed by atoms with Crippen LogP contribution in [0.4, 0.5) is 0 Å². The van der Waals surface area contributed by atoms with Crippen LogP contribution in [0.5, 0.6) is 0 Å². The van der Waals surface area contributed by atoms with Crippen molar-refractivity contribution in [1.82, 2.24) is 10.0 Å². The Kier molecular flexibility index (Phi) is 4.72. The lowest BCUT2D eigenvalue weighted by atomic mass is 10.5. The minimum atomic E-state index is -3.28. The lowest BCUT2D eigenvalue weighted by molar-refractivity contribution is 0.583. The molecule has 0 atom stereocenters. The summed E-state index contributed by atoms with van der Waals surface area (Å²) in [5, 5.41) is 2.99. The maximum Gasteiger partial charge on any atom is 0.250 e. The van der Waals surface area contributed by atoms with Gasteiger partial charge in [0.05, 0.1) is 0 Å². The fourth-order valence-electron chi connectivity index (χ4n) is 1.08. The Morgan fingerprint density at radius 3 is 2.73 bits per heavy atom. The zero-order chi connectivity index (χ0) is 11.3. The average Bonchev–Trinajstić information content (AvgIpc) is 2.65. The van der Waals surface area contributed by atoms with E-state index >= 15 is 0 Å². The highest BCUT2D eigenvalue weighted by Crippen LogP contribution is 2.21. The molecule has 4 nitrogen and oxygen atoms in total. The standard InChI is InChI=1S/C9H16N2O2S2/c1-3-6-11-15(12,13)9-5-4-8(14-9)7-10-2/h4-5,10-11H,3,6-7H2,1-2H3. The van der Waals surface area contributed by atoms with Gasteiger partial charge in [0.15, 0.2) is 0 Å². The van der Waals surface area contributed by atoms with Crippen molar-refractivity contribution in [2.45, 2.75) is 24.1 Å². The van der Waals surface area contributed by atoms with Crippen LogP contribution in [-0.2, 0) is 16.6 Å². The second kappa shape index (κ2) is 5.60. The number of hydrogen-bond acceptors (Lipinski definition) is 4. The minimum absolute atomic E-state index is 0.390. The van der Waals surface area contributed by atoms with Crippen LogP contribution in [0.2, 0.25) is 0 Å². The Balaban J connectivity index is 2.76. The molecule has 1 aromatic rings. The van der Waals surface area contributed by atoms with E-state index in [9.17, 15) is 8.42 Å². The van der Waals surface area contributed by atoms with Crippen LogP contribution in [0.1, 0.15) is 18.2 Å². The Bertz CT molecular complexity index is 398. The molecule has 0 unspecified atom stereocenters. The predicted molar refractivity (Wildman–Crippen MR) is 62.6 cm³/mol. The Morgan fingerprint density at radius 2 is 2.13 bits per heavy atom. The van der Waals surface area contributed by atoms with E-state index in [1.165, 1.54) is 11.3 Å². The fourth-order valence-corrected chi connectivity index (χ4v) is 3.63. The molecule has 0 saturated heterocycles. The summed E-state index contributed by atoms with van der Waals surface area (Å²) in [5.74, 6) is 0. The summed E-state index contributed by atoms with van der Waals surface area (Å²) in [5.41, 5.74) is 0. The summed E-state index contributed by atoms with van der Waals surface area (Å²) in [4.78, 5) is 1.02. The van der Waals surface area contributed by atoms with Gasteiger partial charge in [-0.15, -0.1) is 11.3 Å². The summed E-state index contributed by atoms with van der Waals surface area (Å²) in [7, 11) is -1.44. The maximum atomic E-state index is 11.7. The monoisotopic (exact) mass is 248 g/mol. The molecule has 0 spiro atoms. The molecule has 0 aliphatic heterocycles. The van der Waals surface area contributed by atoms with Crippen molar-refractivity contribution in [3.05, 3.63) is 17.0 Å². The number of rotatable bonds is 6. The molecule has 0 fully saturated rings. The van der Waals surface area contributed by atoms with Gasteiger partial charge in [-0.2, -0.15) is 0 Å². The van der Waals surface area contributed by atoms with Gasteiger partial charge in [0.2, 0.25) is 10.0 Å². The van der Waals surface area contributed by atoms with Crippen molar-refractivity contribution >= 4 is 21.4 Å². The summed E-state index contributed by atoms with van der Waals surface area (Å²) < 4.78 is 26.3. The van der Waals surface area contributed by atoms with Gasteiger partial charge >= 0.3 is 0 Å². The van der Waals surface area contributed by atoms with E-state index in [2.05, 4.69) is 10.0 Å². The number of hydrogen-bond donors (Lipinski definition) is 2. The second-order valence-electron chi connectivity index (χ2n) is 3.15. The zero-order valence-electron chi connectivity index (χ0n) is 8.91. The molecular weight excluding hydrogens is 232 g/mol. The minimum Gasteiger partial charge on any atom is -0.315 e. The number of nitrogens with one attached hydrogen (secondary N) is 2. The third kappa shape index (κ3) is 3.57. The van der Waals surface area contributed by atoms with E-state index in [0.717, 1.165) is 11.3 Å². The maximum absolute atomic E-state index is 11.7. The molecule has 15 heavy (non-hydrogen) atoms. The fraction of sp³-hybridized carbons (Fsp3) is 0.556. The first-order valence-electron chi connectivity index (χ1n) is 4.83. The van der Waals surface area contributed by atoms with Gasteiger partial charge in [-0.25, -0.2) is 13.1 Å². The molecule has 86 valence electrons. The van der Waals surface area contributed by atoms with E-state index in [1.807, 2.05) is 20.0 Å². The summed E-state index contributed by atoms with van der Waals surface area (Å²) in [6, 6.07) is 3.48. The normalized spacial score (nSPS) is 11.9. The zero-order valence-corrected chi connectivity index (χ0v) is 10.5. The summed E-state index contributed by atoms with van der Waals surface area (Å²) in [6.45, 7) is 3.12. The lowest BCUT2D eigenvalue weighted by Gasteiger charge is -2.01. The van der Waals surface area contributed by atoms with Gasteiger partial charge < -0.3 is 5.32 Å². The van der Waals surface area contributed by atoms with E-state index in [-0.39, 0.29) is 0 Å². The van der Waals surface area contributed by atoms with Gasteiger partial charge in [-0.05, 0) is 25.6 Å². The Hall–Kier alpha value is -0.430. The van der Waals surface area contributed by atoms with Crippen molar-refractivity contribution in [3.63, 3.8) is 0 Å². The molecule has 1 rings (SSSR count). The van der Waals surface area contributed by atoms with E-state index in [1.54, 1.807) is 6.07 Å². The summed E-state index contributed by atoms with van der Waals surface area (Å²) >= 11 is 1.30. The van der Waals surface area contributed by atoms with Crippen molar-refractivity contribution in [1.29, 1.82) is 0 Å². The van der Waals surface area contributed by atoms with Crippen LogP contribution in [-0.4, -0.2) is 22.0 Å². The van der Waals surface area contributed by atoms with E-state index < -0.39 is 10.0 Å². The Labute approximate surface area is 94.8 Å². The first-order chi connectivity index (χ1) is 7.10. The molecule has 2 N–H and O–H groups in total. The molecule has 0 saturated carbocycles. The van der Waals surface area contributed by atoms with Crippen LogP contribution in [0, 0.1) is 0 Å². The second-order valence-corrected chi connectivity index (χ2v) is 6.31. The highest BCUT2D eigenvalue weighted by molar-refractivity contribution is 7.91. The quantitative estimate of drug-likeness (QED) is 0.794. The first kappa shape index (κ1) is 12.6.